The van der Waals surface area contributed by atoms with Crippen molar-refractivity contribution in [1.82, 2.24) is 0 Å². The van der Waals surface area contributed by atoms with Crippen LogP contribution in [-0.4, -0.2) is 20.4 Å². The van der Waals surface area contributed by atoms with Crippen LogP contribution in [0.2, 0.25) is 18.1 Å². The summed E-state index contributed by atoms with van der Waals surface area (Å²) in [6, 6.07) is 20.5. The van der Waals surface area contributed by atoms with Crippen molar-refractivity contribution in [1.29, 1.82) is 0 Å². The summed E-state index contributed by atoms with van der Waals surface area (Å²) in [5.41, 5.74) is 2.09. The summed E-state index contributed by atoms with van der Waals surface area (Å²) >= 11 is 0. The molecule has 4 atom stereocenters. The van der Waals surface area contributed by atoms with Crippen molar-refractivity contribution in [3.05, 3.63) is 71.8 Å². The molecule has 0 unspecified atom stereocenters. The molecule has 1 saturated carbocycles. The van der Waals surface area contributed by atoms with E-state index in [1.807, 2.05) is 30.3 Å². The minimum absolute atomic E-state index is 0.00248. The van der Waals surface area contributed by atoms with Crippen molar-refractivity contribution in [2.45, 2.75) is 96.6 Å². The van der Waals surface area contributed by atoms with Crippen LogP contribution < -0.4 is 0 Å². The second kappa shape index (κ2) is 10.4. The third-order valence-electron chi connectivity index (χ3n) is 8.30. The maximum absolute atomic E-state index is 13.8. The second-order valence-electron chi connectivity index (χ2n) is 12.3. The van der Waals surface area contributed by atoms with Crippen molar-refractivity contribution in [3.63, 3.8) is 0 Å². The van der Waals surface area contributed by atoms with Crippen molar-refractivity contribution < 1.29 is 14.0 Å². The molecule has 34 heavy (non-hydrogen) atoms. The quantitative estimate of drug-likeness (QED) is 0.297. The molecule has 1 fully saturated rings. The lowest BCUT2D eigenvalue weighted by atomic mass is 9.64. The Morgan fingerprint density at radius 2 is 1.47 bits per heavy atom. The largest absolute Gasteiger partial charge is 0.460 e. The van der Waals surface area contributed by atoms with Gasteiger partial charge in [-0.3, -0.25) is 0 Å². The first-order valence-corrected chi connectivity index (χ1v) is 15.7. The van der Waals surface area contributed by atoms with Gasteiger partial charge in [0.25, 0.3) is 0 Å². The van der Waals surface area contributed by atoms with Gasteiger partial charge >= 0.3 is 5.97 Å². The van der Waals surface area contributed by atoms with E-state index >= 15 is 0 Å². The van der Waals surface area contributed by atoms with Gasteiger partial charge in [0.15, 0.2) is 14.4 Å². The SMILES string of the molecule is C[C@@H]1CC[C@@H](C(C)(C)c2ccccc2)[C@H](OC(=O)[C@@H](O[Si](C)(C)C(C)(C)C)c2ccccc2)C1. The average molecular weight is 481 g/mol. The molecule has 0 radical (unpaired) electrons. The van der Waals surface area contributed by atoms with Crippen LogP contribution in [0.1, 0.15) is 78.0 Å². The molecule has 1 aliphatic carbocycles. The molecule has 0 saturated heterocycles. The van der Waals surface area contributed by atoms with Gasteiger partial charge in [0.05, 0.1) is 0 Å². The van der Waals surface area contributed by atoms with Crippen LogP contribution in [0.3, 0.4) is 0 Å². The van der Waals surface area contributed by atoms with E-state index in [4.69, 9.17) is 9.16 Å². The number of rotatable bonds is 7. The Morgan fingerprint density at radius 1 is 0.912 bits per heavy atom. The fraction of sp³-hybridized carbons (Fsp3) is 0.567. The van der Waals surface area contributed by atoms with E-state index in [1.54, 1.807) is 0 Å². The number of carbonyl (C=O) groups excluding carboxylic acids is 1. The van der Waals surface area contributed by atoms with Gasteiger partial charge in [0.1, 0.15) is 6.10 Å². The number of carbonyl (C=O) groups is 1. The van der Waals surface area contributed by atoms with Crippen LogP contribution in [0.15, 0.2) is 60.7 Å². The molecule has 0 bridgehead atoms. The lowest BCUT2D eigenvalue weighted by Gasteiger charge is -2.44. The molecular weight excluding hydrogens is 436 g/mol. The number of hydrogen-bond acceptors (Lipinski definition) is 3. The first-order valence-electron chi connectivity index (χ1n) is 12.8. The number of benzene rings is 2. The highest BCUT2D eigenvalue weighted by Crippen LogP contribution is 2.45. The lowest BCUT2D eigenvalue weighted by molar-refractivity contribution is -0.166. The first-order chi connectivity index (χ1) is 15.8. The van der Waals surface area contributed by atoms with E-state index in [9.17, 15) is 4.79 Å². The summed E-state index contributed by atoms with van der Waals surface area (Å²) in [4.78, 5) is 13.8. The summed E-state index contributed by atoms with van der Waals surface area (Å²) < 4.78 is 13.1. The van der Waals surface area contributed by atoms with Crippen molar-refractivity contribution in [3.8, 4) is 0 Å². The monoisotopic (exact) mass is 480 g/mol. The molecular formula is C30H44O3Si. The van der Waals surface area contributed by atoms with Gasteiger partial charge in [0, 0.05) is 5.92 Å². The molecule has 0 amide bonds. The minimum Gasteiger partial charge on any atom is -0.460 e. The van der Waals surface area contributed by atoms with Crippen molar-refractivity contribution in [2.24, 2.45) is 11.8 Å². The lowest BCUT2D eigenvalue weighted by Crippen LogP contribution is -2.46. The topological polar surface area (TPSA) is 35.5 Å². The first kappa shape index (κ1) is 26.7. The summed E-state index contributed by atoms with van der Waals surface area (Å²) in [5, 5.41) is -0.00248. The zero-order valence-electron chi connectivity index (χ0n) is 22.4. The Kier molecular flexibility index (Phi) is 8.14. The van der Waals surface area contributed by atoms with Gasteiger partial charge in [-0.15, -0.1) is 0 Å². The van der Waals surface area contributed by atoms with E-state index in [1.165, 1.54) is 5.56 Å². The molecule has 0 spiro atoms. The highest BCUT2D eigenvalue weighted by atomic mass is 28.4. The van der Waals surface area contributed by atoms with Gasteiger partial charge in [-0.25, -0.2) is 4.79 Å². The normalized spacial score (nSPS) is 22.8. The smallest absolute Gasteiger partial charge is 0.339 e. The van der Waals surface area contributed by atoms with Gasteiger partial charge < -0.3 is 9.16 Å². The fourth-order valence-electron chi connectivity index (χ4n) is 4.93. The van der Waals surface area contributed by atoms with E-state index in [-0.39, 0.29) is 28.4 Å². The Morgan fingerprint density at radius 3 is 2.03 bits per heavy atom. The molecule has 4 heteroatoms. The standard InChI is InChI=1S/C30H44O3Si/c1-22-19-20-25(30(5,6)24-17-13-10-14-18-24)26(21-22)32-28(31)27(23-15-11-9-12-16-23)33-34(7,8)29(2,3)4/h9-18,22,25-27H,19-21H2,1-8H3/t22-,25-,26-,27+/m1/s1. The predicted octanol–water partition coefficient (Wildman–Crippen LogP) is 8.08. The Hall–Kier alpha value is -1.91. The fourth-order valence-corrected chi connectivity index (χ4v) is 6.10. The summed E-state index contributed by atoms with van der Waals surface area (Å²) in [5.74, 6) is 0.556. The Bertz CT molecular complexity index is 931. The molecule has 2 aromatic carbocycles. The molecule has 3 nitrogen and oxygen atoms in total. The van der Waals surface area contributed by atoms with Crippen LogP contribution >= 0.6 is 0 Å². The molecule has 186 valence electrons. The third kappa shape index (κ3) is 6.01. The number of ether oxygens (including phenoxy) is 1. The zero-order chi connectivity index (χ0) is 25.1. The summed E-state index contributed by atoms with van der Waals surface area (Å²) in [6.07, 6.45) is 2.30. The van der Waals surface area contributed by atoms with Crippen LogP contribution in [0.4, 0.5) is 0 Å². The highest BCUT2D eigenvalue weighted by Gasteiger charge is 2.45. The Labute approximate surface area is 208 Å². The Balaban J connectivity index is 1.90. The van der Waals surface area contributed by atoms with E-state index in [0.29, 0.717) is 5.92 Å². The molecule has 0 aromatic heterocycles. The molecule has 0 heterocycles. The van der Waals surface area contributed by atoms with Gasteiger partial charge in [0.2, 0.25) is 0 Å². The maximum Gasteiger partial charge on any atom is 0.339 e. The van der Waals surface area contributed by atoms with Gasteiger partial charge in [-0.1, -0.05) is 109 Å². The van der Waals surface area contributed by atoms with Crippen LogP contribution in [0.5, 0.6) is 0 Å². The van der Waals surface area contributed by atoms with E-state index in [0.717, 1.165) is 24.8 Å². The maximum atomic E-state index is 13.8. The molecule has 1 aliphatic rings. The van der Waals surface area contributed by atoms with E-state index in [2.05, 4.69) is 85.0 Å². The summed E-state index contributed by atoms with van der Waals surface area (Å²) in [6.45, 7) is 17.9. The second-order valence-corrected chi connectivity index (χ2v) is 17.0. The molecule has 3 rings (SSSR count). The number of esters is 1. The molecule has 2 aromatic rings. The highest BCUT2D eigenvalue weighted by molar-refractivity contribution is 6.74. The van der Waals surface area contributed by atoms with Crippen LogP contribution in [-0.2, 0) is 19.4 Å². The predicted molar refractivity (Wildman–Crippen MR) is 143 cm³/mol. The average Bonchev–Trinajstić information content (AvgIpc) is 2.78. The molecule has 0 aliphatic heterocycles. The third-order valence-corrected chi connectivity index (χ3v) is 12.7. The number of hydrogen-bond donors (Lipinski definition) is 0. The summed E-state index contributed by atoms with van der Waals surface area (Å²) in [7, 11) is -2.20. The van der Waals surface area contributed by atoms with Crippen molar-refractivity contribution in [2.75, 3.05) is 0 Å². The van der Waals surface area contributed by atoms with Crippen LogP contribution in [0, 0.1) is 11.8 Å². The van der Waals surface area contributed by atoms with E-state index < -0.39 is 14.4 Å². The van der Waals surface area contributed by atoms with Crippen molar-refractivity contribution >= 4 is 14.3 Å². The zero-order valence-corrected chi connectivity index (χ0v) is 23.4. The van der Waals surface area contributed by atoms with Gasteiger partial charge in [-0.2, -0.15) is 0 Å². The molecule has 0 N–H and O–H groups in total. The van der Waals surface area contributed by atoms with Crippen LogP contribution in [0.25, 0.3) is 0 Å². The van der Waals surface area contributed by atoms with Gasteiger partial charge in [-0.05, 0) is 53.4 Å². The minimum atomic E-state index is -2.20.